The van der Waals surface area contributed by atoms with Gasteiger partial charge in [0.05, 0.1) is 6.10 Å². The first-order valence-electron chi connectivity index (χ1n) is 9.30. The number of nitrogens with one attached hydrogen (secondary N) is 2. The molecule has 2 aromatic rings. The number of aryl methyl sites for hydroxylation is 1. The van der Waals surface area contributed by atoms with E-state index in [1.54, 1.807) is 0 Å². The Morgan fingerprint density at radius 2 is 1.93 bits per heavy atom. The van der Waals surface area contributed by atoms with Gasteiger partial charge < -0.3 is 24.8 Å². The molecule has 144 valence electrons. The Morgan fingerprint density at radius 1 is 1.11 bits per heavy atom. The van der Waals surface area contributed by atoms with Gasteiger partial charge in [-0.1, -0.05) is 12.1 Å². The van der Waals surface area contributed by atoms with Gasteiger partial charge in [0.15, 0.2) is 16.6 Å². The molecule has 0 spiro atoms. The van der Waals surface area contributed by atoms with E-state index in [9.17, 15) is 0 Å². The molecule has 0 radical (unpaired) electrons. The highest BCUT2D eigenvalue weighted by Gasteiger charge is 2.12. The van der Waals surface area contributed by atoms with Gasteiger partial charge in [0.2, 0.25) is 0 Å². The predicted molar refractivity (Wildman–Crippen MR) is 112 cm³/mol. The van der Waals surface area contributed by atoms with Gasteiger partial charge in [-0.2, -0.15) is 0 Å². The minimum Gasteiger partial charge on any atom is -0.491 e. The highest BCUT2D eigenvalue weighted by Crippen LogP contribution is 2.32. The maximum absolute atomic E-state index is 5.74. The van der Waals surface area contributed by atoms with E-state index in [2.05, 4.69) is 22.8 Å². The molecule has 6 heteroatoms. The van der Waals surface area contributed by atoms with Crippen molar-refractivity contribution in [3.8, 4) is 17.2 Å². The third-order valence-corrected chi connectivity index (χ3v) is 4.24. The number of benzene rings is 2. The van der Waals surface area contributed by atoms with Crippen LogP contribution in [0.5, 0.6) is 17.2 Å². The molecule has 27 heavy (non-hydrogen) atoms. The Labute approximate surface area is 166 Å². The third kappa shape index (κ3) is 6.03. The monoisotopic (exact) mass is 386 g/mol. The van der Waals surface area contributed by atoms with Crippen molar-refractivity contribution in [3.63, 3.8) is 0 Å². The van der Waals surface area contributed by atoms with Crippen molar-refractivity contribution in [1.29, 1.82) is 0 Å². The van der Waals surface area contributed by atoms with Crippen molar-refractivity contribution in [2.24, 2.45) is 0 Å². The summed E-state index contributed by atoms with van der Waals surface area (Å²) in [7, 11) is 0. The Hall–Kier alpha value is -2.47. The van der Waals surface area contributed by atoms with E-state index in [4.69, 9.17) is 26.4 Å². The van der Waals surface area contributed by atoms with E-state index < -0.39 is 0 Å². The quantitative estimate of drug-likeness (QED) is 0.550. The van der Waals surface area contributed by atoms with Gasteiger partial charge >= 0.3 is 0 Å². The maximum atomic E-state index is 5.74. The smallest absolute Gasteiger partial charge is 0.170 e. The largest absolute Gasteiger partial charge is 0.491 e. The third-order valence-electron chi connectivity index (χ3n) is 4.00. The fraction of sp³-hybridized carbons (Fsp3) is 0.381. The molecular weight excluding hydrogens is 360 g/mol. The normalized spacial score (nSPS) is 12.6. The lowest BCUT2D eigenvalue weighted by Gasteiger charge is -2.19. The zero-order valence-electron chi connectivity index (χ0n) is 15.8. The lowest BCUT2D eigenvalue weighted by Crippen LogP contribution is -2.29. The van der Waals surface area contributed by atoms with Crippen molar-refractivity contribution >= 4 is 23.0 Å². The first-order valence-corrected chi connectivity index (χ1v) is 9.71. The summed E-state index contributed by atoms with van der Waals surface area (Å²) in [5.74, 6) is 2.44. The Kier molecular flexibility index (Phi) is 6.76. The minimum atomic E-state index is 0.186. The molecule has 1 aliphatic heterocycles. The second kappa shape index (κ2) is 9.46. The zero-order valence-corrected chi connectivity index (χ0v) is 16.6. The summed E-state index contributed by atoms with van der Waals surface area (Å²) in [6.07, 6.45) is 2.13. The molecule has 0 saturated heterocycles. The lowest BCUT2D eigenvalue weighted by atomic mass is 10.1. The van der Waals surface area contributed by atoms with Crippen LogP contribution in [0, 0.1) is 0 Å². The van der Waals surface area contributed by atoms with Gasteiger partial charge in [-0.15, -0.1) is 0 Å². The number of anilines is 1. The maximum Gasteiger partial charge on any atom is 0.170 e. The van der Waals surface area contributed by atoms with Crippen LogP contribution in [0.2, 0.25) is 0 Å². The number of ether oxygens (including phenoxy) is 3. The number of fused-ring (bicyclic) bond motifs is 1. The molecule has 0 unspecified atom stereocenters. The van der Waals surface area contributed by atoms with Crippen LogP contribution in [0.4, 0.5) is 5.69 Å². The molecule has 0 fully saturated rings. The van der Waals surface area contributed by atoms with Gasteiger partial charge in [-0.05, 0) is 68.7 Å². The lowest BCUT2D eigenvalue weighted by molar-refractivity contribution is 0.171. The van der Waals surface area contributed by atoms with Gasteiger partial charge in [-0.25, -0.2) is 0 Å². The Bertz CT molecular complexity index is 780. The van der Waals surface area contributed by atoms with E-state index in [1.807, 2.05) is 44.2 Å². The number of hydrogen-bond donors (Lipinski definition) is 2. The van der Waals surface area contributed by atoms with Crippen LogP contribution in [0.1, 0.15) is 25.8 Å². The SMILES string of the molecule is CC(C)Oc1cccc(CCCNC(=S)Nc2ccc3c(c2)OCCO3)c1. The summed E-state index contributed by atoms with van der Waals surface area (Å²) in [5.41, 5.74) is 2.15. The fourth-order valence-electron chi connectivity index (χ4n) is 2.84. The van der Waals surface area contributed by atoms with Crippen molar-refractivity contribution < 1.29 is 14.2 Å². The molecule has 1 aliphatic rings. The van der Waals surface area contributed by atoms with Crippen LogP contribution >= 0.6 is 12.2 Å². The van der Waals surface area contributed by atoms with E-state index in [0.29, 0.717) is 18.3 Å². The number of rotatable bonds is 7. The van der Waals surface area contributed by atoms with E-state index in [0.717, 1.165) is 42.3 Å². The highest BCUT2D eigenvalue weighted by molar-refractivity contribution is 7.80. The Balaban J connectivity index is 1.41. The van der Waals surface area contributed by atoms with Crippen molar-refractivity contribution in [3.05, 3.63) is 48.0 Å². The summed E-state index contributed by atoms with van der Waals surface area (Å²) >= 11 is 5.37. The fourth-order valence-corrected chi connectivity index (χ4v) is 3.06. The van der Waals surface area contributed by atoms with E-state index in [1.165, 1.54) is 5.56 Å². The summed E-state index contributed by atoms with van der Waals surface area (Å²) in [4.78, 5) is 0. The highest BCUT2D eigenvalue weighted by atomic mass is 32.1. The zero-order chi connectivity index (χ0) is 19.1. The minimum absolute atomic E-state index is 0.186. The van der Waals surface area contributed by atoms with Gasteiger partial charge in [-0.3, -0.25) is 0 Å². The topological polar surface area (TPSA) is 51.8 Å². The van der Waals surface area contributed by atoms with Gasteiger partial charge in [0.25, 0.3) is 0 Å². The molecular formula is C21H26N2O3S. The summed E-state index contributed by atoms with van der Waals surface area (Å²) in [6.45, 7) is 6.03. The van der Waals surface area contributed by atoms with Crippen LogP contribution < -0.4 is 24.8 Å². The standard InChI is InChI=1S/C21H26N2O3S/c1-15(2)26-18-7-3-5-16(13-18)6-4-10-22-21(27)23-17-8-9-19-20(14-17)25-12-11-24-19/h3,5,7-9,13-15H,4,6,10-12H2,1-2H3,(H2,22,23,27). The average Bonchev–Trinajstić information content (AvgIpc) is 2.65. The molecule has 0 aromatic heterocycles. The molecule has 0 aliphatic carbocycles. The first-order chi connectivity index (χ1) is 13.1. The molecule has 0 amide bonds. The van der Waals surface area contributed by atoms with E-state index >= 15 is 0 Å². The van der Waals surface area contributed by atoms with Crippen LogP contribution in [0.25, 0.3) is 0 Å². The summed E-state index contributed by atoms with van der Waals surface area (Å²) in [5, 5.41) is 7.03. The second-order valence-corrected chi connectivity index (χ2v) is 7.07. The van der Waals surface area contributed by atoms with Crippen molar-refractivity contribution in [1.82, 2.24) is 5.32 Å². The van der Waals surface area contributed by atoms with Crippen LogP contribution in [0.3, 0.4) is 0 Å². The molecule has 3 rings (SSSR count). The van der Waals surface area contributed by atoms with Crippen molar-refractivity contribution in [2.75, 3.05) is 25.1 Å². The second-order valence-electron chi connectivity index (χ2n) is 6.66. The van der Waals surface area contributed by atoms with Crippen LogP contribution in [0.15, 0.2) is 42.5 Å². The molecule has 1 heterocycles. The van der Waals surface area contributed by atoms with Crippen LogP contribution in [-0.2, 0) is 6.42 Å². The molecule has 5 nitrogen and oxygen atoms in total. The van der Waals surface area contributed by atoms with Crippen LogP contribution in [-0.4, -0.2) is 31.0 Å². The molecule has 0 saturated carbocycles. The number of thiocarbonyl (C=S) groups is 1. The Morgan fingerprint density at radius 3 is 2.74 bits per heavy atom. The molecule has 0 atom stereocenters. The predicted octanol–water partition coefficient (Wildman–Crippen LogP) is 4.16. The molecule has 2 N–H and O–H groups in total. The van der Waals surface area contributed by atoms with E-state index in [-0.39, 0.29) is 6.10 Å². The van der Waals surface area contributed by atoms with Gasteiger partial charge in [0, 0.05) is 18.3 Å². The summed E-state index contributed by atoms with van der Waals surface area (Å²) in [6, 6.07) is 14.0. The number of hydrogen-bond acceptors (Lipinski definition) is 4. The summed E-state index contributed by atoms with van der Waals surface area (Å²) < 4.78 is 16.9. The average molecular weight is 387 g/mol. The van der Waals surface area contributed by atoms with Crippen molar-refractivity contribution in [2.45, 2.75) is 32.8 Å². The first kappa shape index (κ1) is 19.3. The molecule has 0 bridgehead atoms. The van der Waals surface area contributed by atoms with Gasteiger partial charge in [0.1, 0.15) is 19.0 Å². The molecule has 2 aromatic carbocycles.